The van der Waals surface area contributed by atoms with Crippen LogP contribution < -0.4 is 4.90 Å². The lowest BCUT2D eigenvalue weighted by molar-refractivity contribution is -0.132. The van der Waals surface area contributed by atoms with Crippen LogP contribution in [-0.2, 0) is 11.3 Å². The molecule has 0 radical (unpaired) electrons. The van der Waals surface area contributed by atoms with Crippen LogP contribution in [0.2, 0.25) is 0 Å². The number of benzene rings is 4. The van der Waals surface area contributed by atoms with Gasteiger partial charge in [-0.2, -0.15) is 20.3 Å². The largest absolute Gasteiger partial charge is 0.477 e. The van der Waals surface area contributed by atoms with Gasteiger partial charge in [0, 0.05) is 37.9 Å². The molecule has 7 nitrogen and oxygen atoms in total. The van der Waals surface area contributed by atoms with E-state index < -0.39 is 5.97 Å². The van der Waals surface area contributed by atoms with Crippen molar-refractivity contribution >= 4 is 51.5 Å². The van der Waals surface area contributed by atoms with Crippen molar-refractivity contribution in [2.24, 2.45) is 5.92 Å². The van der Waals surface area contributed by atoms with Crippen LogP contribution in [0, 0.1) is 17.2 Å². The summed E-state index contributed by atoms with van der Waals surface area (Å²) in [6.07, 6.45) is 5.94. The Bertz CT molecular complexity index is 2040. The van der Waals surface area contributed by atoms with Gasteiger partial charge in [0.1, 0.15) is 22.7 Å². The molecule has 6 rings (SSSR count). The molecule has 4 aromatic carbocycles. The fraction of sp³-hybridized carbons (Fsp3) is 0.200. The number of carboxylic acids is 1. The molecule has 0 amide bonds. The lowest BCUT2D eigenvalue weighted by atomic mass is 10.00. The van der Waals surface area contributed by atoms with Crippen LogP contribution in [0.4, 0.5) is 17.1 Å². The average molecular weight is 652 g/mol. The van der Waals surface area contributed by atoms with Crippen molar-refractivity contribution in [2.45, 2.75) is 46.1 Å². The lowest BCUT2D eigenvalue weighted by Gasteiger charge is -2.25. The molecule has 240 valence electrons. The van der Waals surface area contributed by atoms with Crippen LogP contribution in [0.5, 0.6) is 0 Å². The van der Waals surface area contributed by atoms with Crippen molar-refractivity contribution in [2.75, 3.05) is 4.90 Å². The van der Waals surface area contributed by atoms with Crippen molar-refractivity contribution < 1.29 is 9.90 Å². The number of carboxylic acid groups (broad SMARTS) is 1. The summed E-state index contributed by atoms with van der Waals surface area (Å²) in [6.45, 7) is 5.19. The Hall–Kier alpha value is -5.52. The van der Waals surface area contributed by atoms with Crippen LogP contribution in [0.25, 0.3) is 38.7 Å². The fourth-order valence-corrected chi connectivity index (χ4v) is 6.93. The van der Waals surface area contributed by atoms with Gasteiger partial charge in [-0.05, 0) is 72.5 Å². The van der Waals surface area contributed by atoms with Gasteiger partial charge in [-0.3, -0.25) is 0 Å². The number of nitrogens with zero attached hydrogens (tertiary/aromatic N) is 5. The second-order valence-electron chi connectivity index (χ2n) is 11.8. The number of hydrogen-bond acceptors (Lipinski definition) is 6. The Balaban J connectivity index is 1.42. The molecule has 0 bridgehead atoms. The van der Waals surface area contributed by atoms with Crippen LogP contribution in [0.1, 0.15) is 44.4 Å². The van der Waals surface area contributed by atoms with Gasteiger partial charge in [-0.1, -0.05) is 93.8 Å². The quantitative estimate of drug-likeness (QED) is 0.0986. The first kappa shape index (κ1) is 32.4. The van der Waals surface area contributed by atoms with Crippen molar-refractivity contribution in [3.63, 3.8) is 0 Å². The molecule has 0 spiro atoms. The zero-order valence-corrected chi connectivity index (χ0v) is 27.9. The minimum absolute atomic E-state index is 0.297. The summed E-state index contributed by atoms with van der Waals surface area (Å²) in [7, 11) is 0. The van der Waals surface area contributed by atoms with E-state index in [1.807, 2.05) is 53.3 Å². The van der Waals surface area contributed by atoms with Gasteiger partial charge in [-0.25, -0.2) is 4.79 Å². The second-order valence-corrected chi connectivity index (χ2v) is 12.9. The van der Waals surface area contributed by atoms with E-state index in [4.69, 9.17) is 10.2 Å². The molecule has 0 aliphatic carbocycles. The maximum Gasteiger partial charge on any atom is 0.346 e. The third-order valence-electron chi connectivity index (χ3n) is 8.54. The van der Waals surface area contributed by atoms with Crippen molar-refractivity contribution in [3.8, 4) is 27.6 Å². The highest BCUT2D eigenvalue weighted by Crippen LogP contribution is 2.39. The summed E-state index contributed by atoms with van der Waals surface area (Å²) in [6, 6.07) is 39.0. The van der Waals surface area contributed by atoms with E-state index in [-0.39, 0.29) is 5.57 Å². The van der Waals surface area contributed by atoms with Crippen LogP contribution in [0.15, 0.2) is 115 Å². The van der Waals surface area contributed by atoms with Gasteiger partial charge in [0.25, 0.3) is 0 Å². The molecule has 0 aliphatic rings. The molecule has 6 aromatic rings. The van der Waals surface area contributed by atoms with E-state index in [9.17, 15) is 15.2 Å². The van der Waals surface area contributed by atoms with Crippen molar-refractivity contribution in [3.05, 3.63) is 120 Å². The number of hydrogen-bond donors (Lipinski definition) is 1. The fourth-order valence-electron chi connectivity index (χ4n) is 5.95. The Kier molecular flexibility index (Phi) is 10.1. The van der Waals surface area contributed by atoms with Crippen LogP contribution in [-0.4, -0.2) is 26.1 Å². The highest BCUT2D eigenvalue weighted by molar-refractivity contribution is 7.16. The lowest BCUT2D eigenvalue weighted by Crippen LogP contribution is -2.12. The number of carbonyl (C=O) groups is 1. The molecule has 1 atom stereocenters. The molecule has 0 aliphatic heterocycles. The second kappa shape index (κ2) is 14.9. The number of unbranched alkanes of at least 4 members (excludes halogenated alkanes) is 1. The van der Waals surface area contributed by atoms with E-state index in [0.717, 1.165) is 75.5 Å². The summed E-state index contributed by atoms with van der Waals surface area (Å²) >= 11 is 1.43. The van der Waals surface area contributed by atoms with E-state index in [1.165, 1.54) is 23.8 Å². The highest BCUT2D eigenvalue weighted by atomic mass is 32.1. The smallest absolute Gasteiger partial charge is 0.346 e. The van der Waals surface area contributed by atoms with E-state index in [0.29, 0.717) is 10.8 Å². The summed E-state index contributed by atoms with van der Waals surface area (Å²) < 4.78 is 0. The van der Waals surface area contributed by atoms with Gasteiger partial charge in [0.15, 0.2) is 0 Å². The number of fused-ring (bicyclic) bond motifs is 1. The summed E-state index contributed by atoms with van der Waals surface area (Å²) in [5.74, 6) is -0.754. The Labute approximate surface area is 285 Å². The molecule has 1 unspecified atom stereocenters. The summed E-state index contributed by atoms with van der Waals surface area (Å²) in [5.41, 5.74) is 7.49. The van der Waals surface area contributed by atoms with Crippen LogP contribution in [0.3, 0.4) is 0 Å². The van der Waals surface area contributed by atoms with E-state index in [2.05, 4.69) is 79.4 Å². The Morgan fingerprint density at radius 1 is 0.854 bits per heavy atom. The molecule has 48 heavy (non-hydrogen) atoms. The third kappa shape index (κ3) is 7.07. The predicted molar refractivity (Wildman–Crippen MR) is 195 cm³/mol. The maximum absolute atomic E-state index is 11.4. The van der Waals surface area contributed by atoms with E-state index in [1.54, 1.807) is 6.07 Å². The van der Waals surface area contributed by atoms with Gasteiger partial charge in [-0.15, -0.1) is 11.3 Å². The molecule has 0 fully saturated rings. The monoisotopic (exact) mass is 651 g/mol. The standard InChI is InChI=1S/C40H37N5O2S/c1-3-5-12-28(4-2)27-44-42-38-35(22-23-36(39(38)43-44)37-24-21-34(48-37)25-30(26-41)40(46)47)29-17-19-33(20-18-29)45(31-13-8-6-9-14-31)32-15-10-7-11-16-32/h6-11,13-25,28H,3-5,12,27H2,1-2H3,(H,46,47)/b30-25-. The number of thiophene rings is 1. The average Bonchev–Trinajstić information content (AvgIpc) is 3.77. The number of anilines is 3. The first-order valence-corrected chi connectivity index (χ1v) is 17.1. The van der Waals surface area contributed by atoms with Crippen molar-refractivity contribution in [1.29, 1.82) is 5.26 Å². The topological polar surface area (TPSA) is 95.0 Å². The molecule has 2 heterocycles. The molecule has 2 aromatic heterocycles. The zero-order chi connectivity index (χ0) is 33.5. The number of para-hydroxylation sites is 2. The Morgan fingerprint density at radius 2 is 1.46 bits per heavy atom. The Morgan fingerprint density at radius 3 is 2.04 bits per heavy atom. The minimum Gasteiger partial charge on any atom is -0.477 e. The number of nitriles is 1. The number of rotatable bonds is 13. The first-order valence-electron chi connectivity index (χ1n) is 16.3. The number of aliphatic carboxylic acids is 1. The zero-order valence-electron chi connectivity index (χ0n) is 27.1. The molecule has 0 saturated heterocycles. The van der Waals surface area contributed by atoms with Gasteiger partial charge < -0.3 is 10.0 Å². The van der Waals surface area contributed by atoms with Crippen LogP contribution >= 0.6 is 11.3 Å². The molecular weight excluding hydrogens is 615 g/mol. The molecule has 8 heteroatoms. The van der Waals surface area contributed by atoms with Gasteiger partial charge >= 0.3 is 5.97 Å². The number of aromatic nitrogens is 3. The highest BCUT2D eigenvalue weighted by Gasteiger charge is 2.19. The minimum atomic E-state index is -1.24. The third-order valence-corrected chi connectivity index (χ3v) is 9.61. The van der Waals surface area contributed by atoms with Gasteiger partial charge in [0.2, 0.25) is 0 Å². The SMILES string of the molecule is CCCCC(CC)Cn1nc2c(-c3ccc(N(c4ccccc4)c4ccccc4)cc3)ccc(-c3ccc(/C=C(/C#N)C(=O)O)s3)c2n1. The summed E-state index contributed by atoms with van der Waals surface area (Å²) in [4.78, 5) is 17.2. The summed E-state index contributed by atoms with van der Waals surface area (Å²) in [5, 5.41) is 28.7. The predicted octanol–water partition coefficient (Wildman–Crippen LogP) is 10.5. The molecular formula is C40H37N5O2S. The molecule has 0 saturated carbocycles. The first-order chi connectivity index (χ1) is 23.5. The van der Waals surface area contributed by atoms with Gasteiger partial charge in [0.05, 0.1) is 6.54 Å². The molecule has 1 N–H and O–H groups in total. The van der Waals surface area contributed by atoms with Crippen molar-refractivity contribution in [1.82, 2.24) is 15.0 Å². The maximum atomic E-state index is 11.4. The van der Waals surface area contributed by atoms with E-state index >= 15 is 0 Å². The normalized spacial score (nSPS) is 12.1.